The van der Waals surface area contributed by atoms with Crippen LogP contribution in [0.5, 0.6) is 5.75 Å². The molecule has 174 valence electrons. The quantitative estimate of drug-likeness (QED) is 0.564. The molecule has 1 heterocycles. The van der Waals surface area contributed by atoms with Gasteiger partial charge < -0.3 is 19.8 Å². The van der Waals surface area contributed by atoms with Gasteiger partial charge in [-0.1, -0.05) is 32.9 Å². The van der Waals surface area contributed by atoms with Crippen LogP contribution in [0.4, 0.5) is 0 Å². The van der Waals surface area contributed by atoms with Crippen LogP contribution in [0, 0.1) is 0 Å². The Morgan fingerprint density at radius 2 is 1.87 bits per heavy atom. The normalized spacial score (nSPS) is 20.4. The van der Waals surface area contributed by atoms with Crippen LogP contribution >= 0.6 is 0 Å². The lowest BCUT2D eigenvalue weighted by atomic mass is 9.91. The summed E-state index contributed by atoms with van der Waals surface area (Å²) in [7, 11) is -0.411. The van der Waals surface area contributed by atoms with E-state index in [0.29, 0.717) is 26.2 Å². The van der Waals surface area contributed by atoms with Crippen molar-refractivity contribution in [3.05, 3.63) is 29.8 Å². The number of piperazine rings is 1. The van der Waals surface area contributed by atoms with E-state index >= 15 is 0 Å². The highest BCUT2D eigenvalue weighted by atomic mass is 28.4. The summed E-state index contributed by atoms with van der Waals surface area (Å²) in [6, 6.07) is 7.60. The molecule has 1 saturated heterocycles. The molecule has 0 radical (unpaired) electrons. The highest BCUT2D eigenvalue weighted by Crippen LogP contribution is 2.37. The Kier molecular flexibility index (Phi) is 8.44. The molecule has 1 aliphatic rings. The number of carbonyl (C=O) groups excluding carboxylic acids is 2. The average Bonchev–Trinajstić information content (AvgIpc) is 2.71. The Balaban J connectivity index is 2.06. The second-order valence-corrected chi connectivity index (χ2v) is 14.7. The minimum atomic E-state index is -2.04. The Morgan fingerprint density at radius 3 is 2.42 bits per heavy atom. The molecule has 2 N–H and O–H groups in total. The van der Waals surface area contributed by atoms with Gasteiger partial charge in [-0.05, 0) is 42.8 Å². The van der Waals surface area contributed by atoms with Crippen molar-refractivity contribution in [3.8, 4) is 5.75 Å². The van der Waals surface area contributed by atoms with E-state index in [9.17, 15) is 9.59 Å². The molecule has 2 rings (SSSR count). The van der Waals surface area contributed by atoms with Crippen molar-refractivity contribution in [2.75, 3.05) is 39.9 Å². The summed E-state index contributed by atoms with van der Waals surface area (Å²) in [5.74, 6) is 0.709. The number of nitrogens with one attached hydrogen (secondary N) is 2. The fourth-order valence-corrected chi connectivity index (χ4v) is 4.38. The van der Waals surface area contributed by atoms with E-state index < -0.39 is 13.9 Å². The summed E-state index contributed by atoms with van der Waals surface area (Å²) in [5, 5.41) is 6.35. The molecule has 1 fully saturated rings. The van der Waals surface area contributed by atoms with Crippen molar-refractivity contribution in [2.24, 2.45) is 0 Å². The molecule has 1 atom stereocenters. The summed E-state index contributed by atoms with van der Waals surface area (Å²) in [5.41, 5.74) is 0.166. The predicted octanol–water partition coefficient (Wildman–Crippen LogP) is 2.57. The summed E-state index contributed by atoms with van der Waals surface area (Å²) >= 11 is 0. The molecule has 7 nitrogen and oxygen atoms in total. The fourth-order valence-electron chi connectivity index (χ4n) is 3.35. The lowest BCUT2D eigenvalue weighted by Gasteiger charge is -2.47. The molecule has 31 heavy (non-hydrogen) atoms. The number of hydrogen-bond acceptors (Lipinski definition) is 6. The first-order valence-electron chi connectivity index (χ1n) is 10.9. The van der Waals surface area contributed by atoms with Crippen molar-refractivity contribution < 1.29 is 18.8 Å². The second-order valence-electron chi connectivity index (χ2n) is 9.86. The third-order valence-corrected chi connectivity index (χ3v) is 11.2. The molecule has 8 heteroatoms. The van der Waals surface area contributed by atoms with Crippen molar-refractivity contribution in [2.45, 2.75) is 57.9 Å². The molecule has 0 spiro atoms. The van der Waals surface area contributed by atoms with E-state index in [4.69, 9.17) is 9.16 Å². The number of ketones is 1. The first kappa shape index (κ1) is 25.5. The van der Waals surface area contributed by atoms with Gasteiger partial charge in [0.05, 0.1) is 20.3 Å². The minimum absolute atomic E-state index is 0.0290. The maximum absolute atomic E-state index is 12.8. The van der Waals surface area contributed by atoms with Gasteiger partial charge in [-0.15, -0.1) is 0 Å². The predicted molar refractivity (Wildman–Crippen MR) is 126 cm³/mol. The van der Waals surface area contributed by atoms with Gasteiger partial charge in [0.15, 0.2) is 14.1 Å². The topological polar surface area (TPSA) is 79.9 Å². The summed E-state index contributed by atoms with van der Waals surface area (Å²) < 4.78 is 11.6. The highest BCUT2D eigenvalue weighted by molar-refractivity contribution is 6.74. The zero-order valence-corrected chi connectivity index (χ0v) is 21.1. The average molecular weight is 450 g/mol. The van der Waals surface area contributed by atoms with Crippen LogP contribution in [0.15, 0.2) is 24.3 Å². The van der Waals surface area contributed by atoms with Gasteiger partial charge in [-0.2, -0.15) is 0 Å². The molecule has 0 bridgehead atoms. The van der Waals surface area contributed by atoms with Crippen LogP contribution < -0.4 is 15.4 Å². The van der Waals surface area contributed by atoms with E-state index in [1.54, 1.807) is 14.0 Å². The molecule has 1 unspecified atom stereocenters. The van der Waals surface area contributed by atoms with Crippen LogP contribution in [0.25, 0.3) is 0 Å². The number of benzene rings is 1. The zero-order chi connectivity index (χ0) is 23.3. The van der Waals surface area contributed by atoms with E-state index in [-0.39, 0.29) is 23.3 Å². The molecule has 1 aliphatic heterocycles. The minimum Gasteiger partial charge on any atom is -0.497 e. The van der Waals surface area contributed by atoms with Gasteiger partial charge in [0.25, 0.3) is 0 Å². The molecule has 0 aliphatic carbocycles. The molecule has 1 amide bonds. The van der Waals surface area contributed by atoms with Crippen molar-refractivity contribution in [1.82, 2.24) is 15.5 Å². The largest absolute Gasteiger partial charge is 0.497 e. The SMILES string of the molecule is COc1ccc(CNC(=O)CN2CCNCC2(CO[Si](C)(C)C(C)(C)C)C(C)=O)cc1. The number of ether oxygens (including phenoxy) is 1. The van der Waals surface area contributed by atoms with Crippen LogP contribution in [0.3, 0.4) is 0 Å². The summed E-state index contributed by atoms with van der Waals surface area (Å²) in [4.78, 5) is 27.6. The van der Waals surface area contributed by atoms with Gasteiger partial charge >= 0.3 is 0 Å². The van der Waals surface area contributed by atoms with E-state index in [2.05, 4.69) is 44.5 Å². The van der Waals surface area contributed by atoms with Crippen molar-refractivity contribution >= 4 is 20.0 Å². The van der Waals surface area contributed by atoms with E-state index in [0.717, 1.165) is 17.9 Å². The molecule has 1 aromatic carbocycles. The highest BCUT2D eigenvalue weighted by Gasteiger charge is 2.47. The standard InChI is InChI=1S/C23H39N3O4Si/c1-18(27)23(17-30-31(6,7)22(2,3)4)16-24-12-13-26(23)15-21(28)25-14-19-8-10-20(29-5)11-9-19/h8-11,24H,12-17H2,1-7H3,(H,25,28). The summed E-state index contributed by atoms with van der Waals surface area (Å²) in [6.45, 7) is 15.3. The molecule has 0 aromatic heterocycles. The van der Waals surface area contributed by atoms with E-state index in [1.807, 2.05) is 29.2 Å². The smallest absolute Gasteiger partial charge is 0.234 e. The van der Waals surface area contributed by atoms with Crippen LogP contribution in [0.1, 0.15) is 33.3 Å². The number of amides is 1. The number of carbonyl (C=O) groups is 2. The molecule has 0 saturated carbocycles. The Labute approximate surface area is 188 Å². The Hall–Kier alpha value is -1.74. The maximum Gasteiger partial charge on any atom is 0.234 e. The maximum atomic E-state index is 12.8. The van der Waals surface area contributed by atoms with Crippen LogP contribution in [0.2, 0.25) is 18.1 Å². The zero-order valence-electron chi connectivity index (χ0n) is 20.1. The van der Waals surface area contributed by atoms with Gasteiger partial charge in [-0.25, -0.2) is 0 Å². The van der Waals surface area contributed by atoms with E-state index in [1.165, 1.54) is 0 Å². The van der Waals surface area contributed by atoms with Gasteiger partial charge in [-0.3, -0.25) is 14.5 Å². The van der Waals surface area contributed by atoms with Gasteiger partial charge in [0.2, 0.25) is 5.91 Å². The molecular weight excluding hydrogens is 410 g/mol. The van der Waals surface area contributed by atoms with Crippen molar-refractivity contribution in [3.63, 3.8) is 0 Å². The lowest BCUT2D eigenvalue weighted by Crippen LogP contribution is -2.69. The summed E-state index contributed by atoms with van der Waals surface area (Å²) in [6.07, 6.45) is 0. The molecule has 1 aromatic rings. The number of nitrogens with zero attached hydrogens (tertiary/aromatic N) is 1. The van der Waals surface area contributed by atoms with Crippen molar-refractivity contribution in [1.29, 1.82) is 0 Å². The second kappa shape index (κ2) is 10.2. The number of hydrogen-bond donors (Lipinski definition) is 2. The van der Waals surface area contributed by atoms with Gasteiger partial charge in [0, 0.05) is 26.2 Å². The Bertz CT molecular complexity index is 761. The first-order valence-corrected chi connectivity index (χ1v) is 13.8. The lowest BCUT2D eigenvalue weighted by molar-refractivity contribution is -0.136. The number of Topliss-reactive ketones (excluding diaryl/α,β-unsaturated/α-hetero) is 1. The third-order valence-electron chi connectivity index (χ3n) is 6.70. The number of rotatable bonds is 9. The monoisotopic (exact) mass is 449 g/mol. The first-order chi connectivity index (χ1) is 14.4. The number of methoxy groups -OCH3 is 1. The molecular formula is C23H39N3O4Si. The Morgan fingerprint density at radius 1 is 1.23 bits per heavy atom. The van der Waals surface area contributed by atoms with Crippen LogP contribution in [-0.4, -0.2) is 70.3 Å². The van der Waals surface area contributed by atoms with Gasteiger partial charge in [0.1, 0.15) is 11.3 Å². The third kappa shape index (κ3) is 6.38. The van der Waals surface area contributed by atoms with Crippen LogP contribution in [-0.2, 0) is 20.6 Å². The fraction of sp³-hybridized carbons (Fsp3) is 0.652.